The maximum absolute atomic E-state index is 10.9. The van der Waals surface area contributed by atoms with E-state index >= 15 is 0 Å². The van der Waals surface area contributed by atoms with E-state index in [-0.39, 0.29) is 5.75 Å². The van der Waals surface area contributed by atoms with Crippen LogP contribution in [0.2, 0.25) is 0 Å². The summed E-state index contributed by atoms with van der Waals surface area (Å²) >= 11 is 0. The summed E-state index contributed by atoms with van der Waals surface area (Å²) in [5, 5.41) is 22.3. The quantitative estimate of drug-likeness (QED) is 0.748. The van der Waals surface area contributed by atoms with E-state index in [0.717, 1.165) is 16.3 Å². The van der Waals surface area contributed by atoms with Crippen LogP contribution in [-0.2, 0) is 5.60 Å². The molecule has 0 aliphatic carbocycles. The Hall–Kier alpha value is -2.39. The summed E-state index contributed by atoms with van der Waals surface area (Å²) < 4.78 is 0. The molecule has 3 nitrogen and oxygen atoms in total. The molecule has 0 saturated carbocycles. The summed E-state index contributed by atoms with van der Waals surface area (Å²) in [5.74, 6) is 0.181. The molecule has 1 unspecified atom stereocenters. The number of aliphatic hydroxyl groups is 1. The molecular weight excluding hydrogens is 250 g/mol. The highest BCUT2D eigenvalue weighted by molar-refractivity contribution is 5.85. The minimum absolute atomic E-state index is 0.181. The van der Waals surface area contributed by atoms with Crippen LogP contribution in [0.3, 0.4) is 0 Å². The van der Waals surface area contributed by atoms with Crippen LogP contribution in [0.5, 0.6) is 5.75 Å². The van der Waals surface area contributed by atoms with Crippen LogP contribution in [0.15, 0.2) is 60.9 Å². The molecule has 1 heterocycles. The van der Waals surface area contributed by atoms with E-state index < -0.39 is 5.60 Å². The highest BCUT2D eigenvalue weighted by Crippen LogP contribution is 2.33. The van der Waals surface area contributed by atoms with Crippen LogP contribution in [-0.4, -0.2) is 15.2 Å². The summed E-state index contributed by atoms with van der Waals surface area (Å²) in [5.41, 5.74) is 0.302. The third-order valence-electron chi connectivity index (χ3n) is 3.62. The van der Waals surface area contributed by atoms with Crippen molar-refractivity contribution in [1.82, 2.24) is 4.98 Å². The first-order valence-corrected chi connectivity index (χ1v) is 6.44. The maximum Gasteiger partial charge on any atom is 0.115 e. The van der Waals surface area contributed by atoms with Gasteiger partial charge in [0.25, 0.3) is 0 Å². The van der Waals surface area contributed by atoms with Gasteiger partial charge in [-0.15, -0.1) is 0 Å². The maximum atomic E-state index is 10.9. The van der Waals surface area contributed by atoms with Gasteiger partial charge in [0.2, 0.25) is 0 Å². The van der Waals surface area contributed by atoms with Gasteiger partial charge in [0.05, 0.1) is 0 Å². The van der Waals surface area contributed by atoms with Gasteiger partial charge in [-0.1, -0.05) is 36.4 Å². The van der Waals surface area contributed by atoms with Crippen LogP contribution < -0.4 is 0 Å². The molecule has 0 radical (unpaired) electrons. The second-order valence-electron chi connectivity index (χ2n) is 5.03. The number of benzene rings is 2. The van der Waals surface area contributed by atoms with Crippen LogP contribution in [0, 0.1) is 0 Å². The molecule has 0 amide bonds. The van der Waals surface area contributed by atoms with Gasteiger partial charge in [-0.2, -0.15) is 0 Å². The van der Waals surface area contributed by atoms with Gasteiger partial charge < -0.3 is 10.2 Å². The number of rotatable bonds is 2. The number of aromatic hydroxyl groups is 1. The monoisotopic (exact) mass is 265 g/mol. The normalized spacial score (nSPS) is 14.1. The van der Waals surface area contributed by atoms with E-state index in [1.165, 1.54) is 0 Å². The molecule has 0 spiro atoms. The number of nitrogens with zero attached hydrogens (tertiary/aromatic N) is 1. The van der Waals surface area contributed by atoms with Crippen molar-refractivity contribution in [2.75, 3.05) is 0 Å². The summed E-state index contributed by atoms with van der Waals surface area (Å²) in [7, 11) is 0. The van der Waals surface area contributed by atoms with Crippen molar-refractivity contribution >= 4 is 10.8 Å². The fourth-order valence-corrected chi connectivity index (χ4v) is 2.45. The van der Waals surface area contributed by atoms with E-state index in [1.807, 2.05) is 24.3 Å². The largest absolute Gasteiger partial charge is 0.508 e. The second-order valence-corrected chi connectivity index (χ2v) is 5.03. The molecule has 100 valence electrons. The first-order chi connectivity index (χ1) is 9.59. The molecule has 0 bridgehead atoms. The molecule has 0 aliphatic heterocycles. The predicted octanol–water partition coefficient (Wildman–Crippen LogP) is 3.20. The van der Waals surface area contributed by atoms with Crippen LogP contribution in [0.4, 0.5) is 0 Å². The Kier molecular flexibility index (Phi) is 2.92. The minimum atomic E-state index is -1.17. The third-order valence-corrected chi connectivity index (χ3v) is 3.62. The molecule has 3 heteroatoms. The van der Waals surface area contributed by atoms with E-state index in [2.05, 4.69) is 4.98 Å². The standard InChI is InChI=1S/C17H15NO2/c1-17(20,13-6-8-14(19)9-7-13)16-11-18-10-12-4-2-3-5-15(12)16/h2-11,19-20H,1H3. The number of pyridine rings is 1. The van der Waals surface area contributed by atoms with Gasteiger partial charge in [0, 0.05) is 23.3 Å². The fourth-order valence-electron chi connectivity index (χ4n) is 2.45. The lowest BCUT2D eigenvalue weighted by Gasteiger charge is -2.25. The second kappa shape index (κ2) is 4.62. The molecule has 2 N–H and O–H groups in total. The highest BCUT2D eigenvalue weighted by Gasteiger charge is 2.27. The molecule has 0 aliphatic rings. The summed E-state index contributed by atoms with van der Waals surface area (Å²) in [6, 6.07) is 14.4. The lowest BCUT2D eigenvalue weighted by Crippen LogP contribution is -2.23. The summed E-state index contributed by atoms with van der Waals surface area (Å²) in [6.45, 7) is 1.74. The Labute approximate surface area is 117 Å². The van der Waals surface area contributed by atoms with Gasteiger partial charge in [-0.3, -0.25) is 4.98 Å². The average Bonchev–Trinajstić information content (AvgIpc) is 2.47. The van der Waals surface area contributed by atoms with Crippen molar-refractivity contribution in [3.05, 3.63) is 72.1 Å². The van der Waals surface area contributed by atoms with E-state index in [1.54, 1.807) is 43.6 Å². The highest BCUT2D eigenvalue weighted by atomic mass is 16.3. The third kappa shape index (κ3) is 2.02. The number of hydrogen-bond donors (Lipinski definition) is 2. The summed E-state index contributed by atoms with van der Waals surface area (Å²) in [6.07, 6.45) is 3.47. The zero-order valence-corrected chi connectivity index (χ0v) is 11.1. The molecule has 3 aromatic rings. The van der Waals surface area contributed by atoms with Crippen LogP contribution in [0.25, 0.3) is 10.8 Å². The first-order valence-electron chi connectivity index (χ1n) is 6.44. The molecule has 0 fully saturated rings. The lowest BCUT2D eigenvalue weighted by molar-refractivity contribution is 0.103. The van der Waals surface area contributed by atoms with Gasteiger partial charge in [0.1, 0.15) is 11.4 Å². The Balaban J connectivity index is 2.20. The zero-order valence-electron chi connectivity index (χ0n) is 11.1. The molecule has 1 aromatic heterocycles. The predicted molar refractivity (Wildman–Crippen MR) is 78.5 cm³/mol. The van der Waals surface area contributed by atoms with Gasteiger partial charge in [0.15, 0.2) is 0 Å². The van der Waals surface area contributed by atoms with E-state index in [0.29, 0.717) is 5.56 Å². The molecule has 0 saturated heterocycles. The average molecular weight is 265 g/mol. The van der Waals surface area contributed by atoms with Crippen molar-refractivity contribution in [2.45, 2.75) is 12.5 Å². The number of phenolic OH excluding ortho intramolecular Hbond substituents is 1. The Morgan fingerprint density at radius 2 is 1.65 bits per heavy atom. The minimum Gasteiger partial charge on any atom is -0.508 e. The van der Waals surface area contributed by atoms with Crippen molar-refractivity contribution < 1.29 is 10.2 Å². The zero-order chi connectivity index (χ0) is 14.2. The van der Waals surface area contributed by atoms with Crippen molar-refractivity contribution in [1.29, 1.82) is 0 Å². The van der Waals surface area contributed by atoms with Gasteiger partial charge in [-0.05, 0) is 30.0 Å². The smallest absolute Gasteiger partial charge is 0.115 e. The Morgan fingerprint density at radius 3 is 2.40 bits per heavy atom. The van der Waals surface area contributed by atoms with Crippen molar-refractivity contribution in [3.8, 4) is 5.75 Å². The number of hydrogen-bond acceptors (Lipinski definition) is 3. The molecule has 1 atom stereocenters. The van der Waals surface area contributed by atoms with Crippen molar-refractivity contribution in [2.24, 2.45) is 0 Å². The fraction of sp³-hybridized carbons (Fsp3) is 0.118. The molecule has 3 rings (SSSR count). The Bertz CT molecular complexity index is 743. The van der Waals surface area contributed by atoms with E-state index in [9.17, 15) is 10.2 Å². The van der Waals surface area contributed by atoms with Gasteiger partial charge in [-0.25, -0.2) is 0 Å². The summed E-state index contributed by atoms with van der Waals surface area (Å²) in [4.78, 5) is 4.21. The first kappa shape index (κ1) is 12.6. The van der Waals surface area contributed by atoms with Gasteiger partial charge >= 0.3 is 0 Å². The number of phenols is 1. The SMILES string of the molecule is CC(O)(c1ccc(O)cc1)c1cncc2ccccc12. The van der Waals surface area contributed by atoms with E-state index in [4.69, 9.17) is 0 Å². The lowest BCUT2D eigenvalue weighted by atomic mass is 9.86. The topological polar surface area (TPSA) is 53.4 Å². The molecular formula is C17H15NO2. The number of aromatic nitrogens is 1. The van der Waals surface area contributed by atoms with Crippen LogP contribution in [0.1, 0.15) is 18.1 Å². The van der Waals surface area contributed by atoms with Crippen LogP contribution >= 0.6 is 0 Å². The Morgan fingerprint density at radius 1 is 0.950 bits per heavy atom. The molecule has 20 heavy (non-hydrogen) atoms. The number of fused-ring (bicyclic) bond motifs is 1. The van der Waals surface area contributed by atoms with Crippen molar-refractivity contribution in [3.63, 3.8) is 0 Å². The molecule has 2 aromatic carbocycles.